The van der Waals surface area contributed by atoms with Gasteiger partial charge in [0.1, 0.15) is 4.49 Å². The van der Waals surface area contributed by atoms with E-state index in [0.717, 1.165) is 18.8 Å². The Hall–Kier alpha value is 0.610. The van der Waals surface area contributed by atoms with Gasteiger partial charge in [-0.25, -0.2) is 0 Å². The third-order valence-electron chi connectivity index (χ3n) is 1.17. The second-order valence-electron chi connectivity index (χ2n) is 2.10. The third kappa shape index (κ3) is 3.70. The summed E-state index contributed by atoms with van der Waals surface area (Å²) in [6.45, 7) is 4.01. The van der Waals surface area contributed by atoms with Crippen molar-refractivity contribution in [2.24, 2.45) is 0 Å². The largest absolute Gasteiger partial charge is 0.121 e. The Kier molecular flexibility index (Phi) is 5.61. The maximum absolute atomic E-state index is 5.72. The molecule has 0 aromatic heterocycles. The average Bonchev–Trinajstić information content (AvgIpc) is 1.87. The summed E-state index contributed by atoms with van der Waals surface area (Å²) in [6, 6.07) is 0. The molecule has 0 aromatic rings. The highest BCUT2D eigenvalue weighted by Gasteiger charge is 2.08. The van der Waals surface area contributed by atoms with Crippen molar-refractivity contribution in [1.82, 2.24) is 0 Å². The lowest BCUT2D eigenvalue weighted by Crippen LogP contribution is -1.90. The number of hydrogen-bond donors (Lipinski definition) is 0. The molecule has 1 radical (unpaired) electrons. The first-order chi connectivity index (χ1) is 4.59. The molecule has 0 saturated carbocycles. The van der Waals surface area contributed by atoms with E-state index >= 15 is 0 Å². The molecule has 0 aliphatic rings. The van der Waals surface area contributed by atoms with E-state index in [1.165, 1.54) is 0 Å². The van der Waals surface area contributed by atoms with Crippen LogP contribution in [0.4, 0.5) is 0 Å². The van der Waals surface area contributed by atoms with Crippen molar-refractivity contribution in [3.63, 3.8) is 0 Å². The summed E-state index contributed by atoms with van der Waals surface area (Å²) in [5, 5.41) is 0.491. The smallest absolute Gasteiger partial charge is 0.0859 e. The number of halogens is 3. The normalized spacial score (nSPS) is 10.2. The van der Waals surface area contributed by atoms with Crippen molar-refractivity contribution in [3.05, 3.63) is 15.4 Å². The molecule has 0 saturated heterocycles. The zero-order chi connectivity index (χ0) is 8.15. The summed E-state index contributed by atoms with van der Waals surface area (Å²) in [7, 11) is 0. The van der Waals surface area contributed by atoms with E-state index in [-0.39, 0.29) is 4.49 Å². The summed E-state index contributed by atoms with van der Waals surface area (Å²) in [6.07, 6.45) is 2.00. The minimum absolute atomic E-state index is 0.160. The van der Waals surface area contributed by atoms with Gasteiger partial charge in [-0.2, -0.15) is 0 Å². The average molecular weight is 201 g/mol. The predicted molar refractivity (Wildman–Crippen MR) is 48.4 cm³/mol. The molecule has 0 aliphatic heterocycles. The van der Waals surface area contributed by atoms with Gasteiger partial charge < -0.3 is 0 Å². The number of allylic oxidation sites excluding steroid dienone is 1. The molecule has 0 rings (SSSR count). The van der Waals surface area contributed by atoms with E-state index in [4.69, 9.17) is 34.8 Å². The maximum Gasteiger partial charge on any atom is 0.121 e. The molecule has 0 spiro atoms. The molecule has 0 nitrogen and oxygen atoms in total. The lowest BCUT2D eigenvalue weighted by Gasteiger charge is -2.06. The van der Waals surface area contributed by atoms with Gasteiger partial charge in [0, 0.05) is 5.92 Å². The summed E-state index contributed by atoms with van der Waals surface area (Å²) < 4.78 is 0.160. The van der Waals surface area contributed by atoms with Crippen LogP contribution in [0.5, 0.6) is 0 Å². The Bertz CT molecular complexity index is 125. The summed E-state index contributed by atoms with van der Waals surface area (Å²) >= 11 is 16.6. The monoisotopic (exact) mass is 199 g/mol. The Morgan fingerprint density at radius 1 is 1.20 bits per heavy atom. The van der Waals surface area contributed by atoms with Crippen LogP contribution in [0.1, 0.15) is 26.7 Å². The van der Waals surface area contributed by atoms with Crippen molar-refractivity contribution in [1.29, 1.82) is 0 Å². The van der Waals surface area contributed by atoms with Gasteiger partial charge in [-0.1, -0.05) is 55.1 Å². The van der Waals surface area contributed by atoms with Crippen LogP contribution in [0.3, 0.4) is 0 Å². The van der Waals surface area contributed by atoms with Gasteiger partial charge in [0.2, 0.25) is 0 Å². The SMILES string of the molecule is CCC[C](C)C(Cl)=C(Cl)Cl. The molecule has 0 bridgehead atoms. The minimum atomic E-state index is 0.160. The molecule has 0 N–H and O–H groups in total. The highest BCUT2D eigenvalue weighted by molar-refractivity contribution is 6.59. The minimum Gasteiger partial charge on any atom is -0.0859 e. The standard InChI is InChI=1S/C7H10Cl3/c1-3-4-5(2)6(8)7(9)10/h3-4H2,1-2H3. The summed E-state index contributed by atoms with van der Waals surface area (Å²) in [5.41, 5.74) is 0. The van der Waals surface area contributed by atoms with E-state index in [1.807, 2.05) is 6.92 Å². The molecule has 0 atom stereocenters. The van der Waals surface area contributed by atoms with Gasteiger partial charge >= 0.3 is 0 Å². The quantitative estimate of drug-likeness (QED) is 0.638. The lowest BCUT2D eigenvalue weighted by atomic mass is 10.1. The highest BCUT2D eigenvalue weighted by Crippen LogP contribution is 2.29. The van der Waals surface area contributed by atoms with Gasteiger partial charge in [0.05, 0.1) is 5.03 Å². The van der Waals surface area contributed by atoms with E-state index in [0.29, 0.717) is 5.03 Å². The van der Waals surface area contributed by atoms with Crippen molar-refractivity contribution < 1.29 is 0 Å². The van der Waals surface area contributed by atoms with Crippen LogP contribution in [0.15, 0.2) is 9.52 Å². The Morgan fingerprint density at radius 3 is 2.00 bits per heavy atom. The van der Waals surface area contributed by atoms with Crippen molar-refractivity contribution in [3.8, 4) is 0 Å². The van der Waals surface area contributed by atoms with E-state index in [1.54, 1.807) is 0 Å². The third-order valence-corrected chi connectivity index (χ3v) is 2.25. The topological polar surface area (TPSA) is 0 Å². The van der Waals surface area contributed by atoms with Crippen molar-refractivity contribution >= 4 is 34.8 Å². The Labute approximate surface area is 77.1 Å². The molecule has 3 heteroatoms. The van der Waals surface area contributed by atoms with E-state index in [9.17, 15) is 0 Å². The van der Waals surface area contributed by atoms with Crippen molar-refractivity contribution in [2.45, 2.75) is 26.7 Å². The molecule has 0 fully saturated rings. The Balaban J connectivity index is 3.94. The first kappa shape index (κ1) is 10.6. The highest BCUT2D eigenvalue weighted by atomic mass is 35.5. The second kappa shape index (κ2) is 5.29. The molecule has 10 heavy (non-hydrogen) atoms. The predicted octanol–water partition coefficient (Wildman–Crippen LogP) is 4.27. The van der Waals surface area contributed by atoms with Crippen LogP contribution in [-0.2, 0) is 0 Å². The Morgan fingerprint density at radius 2 is 1.70 bits per heavy atom. The lowest BCUT2D eigenvalue weighted by molar-refractivity contribution is 0.836. The van der Waals surface area contributed by atoms with Crippen LogP contribution in [-0.4, -0.2) is 0 Å². The molecular weight excluding hydrogens is 190 g/mol. The molecule has 0 aromatic carbocycles. The van der Waals surface area contributed by atoms with Crippen LogP contribution in [0.25, 0.3) is 0 Å². The first-order valence-electron chi connectivity index (χ1n) is 3.13. The van der Waals surface area contributed by atoms with Gasteiger partial charge in [-0.05, 0) is 6.42 Å². The molecular formula is C7H10Cl3. The van der Waals surface area contributed by atoms with E-state index in [2.05, 4.69) is 6.92 Å². The molecule has 0 amide bonds. The summed E-state index contributed by atoms with van der Waals surface area (Å²) in [5.74, 6) is 1.05. The maximum atomic E-state index is 5.72. The van der Waals surface area contributed by atoms with Gasteiger partial charge in [0.15, 0.2) is 0 Å². The zero-order valence-corrected chi connectivity index (χ0v) is 8.32. The fourth-order valence-electron chi connectivity index (χ4n) is 0.646. The number of rotatable bonds is 3. The fourth-order valence-corrected chi connectivity index (χ4v) is 1.06. The van der Waals surface area contributed by atoms with Crippen LogP contribution in [0, 0.1) is 5.92 Å². The van der Waals surface area contributed by atoms with Crippen LogP contribution in [0.2, 0.25) is 0 Å². The molecule has 0 aliphatic carbocycles. The van der Waals surface area contributed by atoms with Gasteiger partial charge in [-0.3, -0.25) is 0 Å². The molecule has 0 unspecified atom stereocenters. The van der Waals surface area contributed by atoms with E-state index < -0.39 is 0 Å². The fraction of sp³-hybridized carbons (Fsp3) is 0.571. The molecule has 0 heterocycles. The van der Waals surface area contributed by atoms with Crippen molar-refractivity contribution in [2.75, 3.05) is 0 Å². The first-order valence-corrected chi connectivity index (χ1v) is 4.26. The van der Waals surface area contributed by atoms with Crippen LogP contribution < -0.4 is 0 Å². The second-order valence-corrected chi connectivity index (χ2v) is 3.43. The van der Waals surface area contributed by atoms with Gasteiger partial charge in [-0.15, -0.1) is 0 Å². The zero-order valence-electron chi connectivity index (χ0n) is 6.05. The summed E-state index contributed by atoms with van der Waals surface area (Å²) in [4.78, 5) is 0. The molecule has 59 valence electrons. The number of hydrogen-bond acceptors (Lipinski definition) is 0. The van der Waals surface area contributed by atoms with Gasteiger partial charge in [0.25, 0.3) is 0 Å². The van der Waals surface area contributed by atoms with Crippen LogP contribution >= 0.6 is 34.8 Å².